The molecule has 3 aromatic rings. The van der Waals surface area contributed by atoms with Crippen LogP contribution in [-0.4, -0.2) is 53.3 Å². The Morgan fingerprint density at radius 2 is 1.81 bits per heavy atom. The van der Waals surface area contributed by atoms with Gasteiger partial charge in [0.25, 0.3) is 0 Å². The van der Waals surface area contributed by atoms with E-state index in [2.05, 4.69) is 18.8 Å². The third-order valence-electron chi connectivity index (χ3n) is 11.3. The molecule has 0 radical (unpaired) electrons. The molecule has 0 amide bonds. The number of phenols is 2. The van der Waals surface area contributed by atoms with Crippen molar-refractivity contribution in [2.45, 2.75) is 74.2 Å². The molecular formula is C38H40O7S2. The Bertz CT molecular complexity index is 1830. The first-order chi connectivity index (χ1) is 22.8. The van der Waals surface area contributed by atoms with Gasteiger partial charge < -0.3 is 34.3 Å². The fraction of sp³-hybridized carbons (Fsp3) is 0.474. The summed E-state index contributed by atoms with van der Waals surface area (Å²) in [5.74, 6) is 11.3. The van der Waals surface area contributed by atoms with Crippen molar-refractivity contribution in [1.29, 1.82) is 0 Å². The highest BCUT2D eigenvalue weighted by atomic mass is 33.1. The lowest BCUT2D eigenvalue weighted by molar-refractivity contribution is -0.00774. The molecule has 1 spiro atoms. The normalized spacial score (nSPS) is 29.9. The van der Waals surface area contributed by atoms with E-state index in [4.69, 9.17) is 18.9 Å². The molecule has 3 N–H and O–H groups in total. The van der Waals surface area contributed by atoms with Crippen LogP contribution in [0, 0.1) is 23.7 Å². The summed E-state index contributed by atoms with van der Waals surface area (Å²) in [5, 5.41) is 34.6. The molecule has 7 nitrogen and oxygen atoms in total. The molecule has 1 saturated heterocycles. The number of fused-ring (bicyclic) bond motifs is 9. The van der Waals surface area contributed by atoms with Crippen molar-refractivity contribution >= 4 is 21.6 Å². The number of rotatable bonds is 3. The van der Waals surface area contributed by atoms with Crippen LogP contribution in [0.2, 0.25) is 0 Å². The van der Waals surface area contributed by atoms with Crippen LogP contribution < -0.4 is 18.9 Å². The predicted molar refractivity (Wildman–Crippen MR) is 185 cm³/mol. The molecule has 47 heavy (non-hydrogen) atoms. The Kier molecular flexibility index (Phi) is 7.70. The smallest absolute Gasteiger partial charge is 0.201 e. The molecule has 246 valence electrons. The van der Waals surface area contributed by atoms with Gasteiger partial charge in [0.15, 0.2) is 17.6 Å². The number of ether oxygens (including phenoxy) is 4. The zero-order valence-electron chi connectivity index (χ0n) is 27.1. The Morgan fingerprint density at radius 3 is 2.60 bits per heavy atom. The van der Waals surface area contributed by atoms with Crippen LogP contribution in [0.1, 0.15) is 78.4 Å². The first kappa shape index (κ1) is 31.0. The van der Waals surface area contributed by atoms with E-state index in [9.17, 15) is 15.3 Å². The number of hydrogen-bond donors (Lipinski definition) is 3. The number of methoxy groups -OCH3 is 3. The molecule has 3 aliphatic carbocycles. The molecule has 2 heterocycles. The van der Waals surface area contributed by atoms with Gasteiger partial charge in [0, 0.05) is 46.4 Å². The average molecular weight is 673 g/mol. The largest absolute Gasteiger partial charge is 0.508 e. The van der Waals surface area contributed by atoms with E-state index in [0.29, 0.717) is 40.9 Å². The Labute approximate surface area is 283 Å². The number of benzene rings is 3. The standard InChI is InChI=1S/C38H40O7S2/c1-19-10-13-46-47-38-11-5-6-24-26(17-30(43-3)34(40)36(24)44-4)37-35(41)33(38)32-27-15-21(14-20(19)9-12-38)25-16-22(39)7-8-23(25)31(27)28(42-2)18-29(32)45-37/h7-8,16-21,33,35,37,39-41H,6,9-10,12-15H2,1-4H3/t19-,20+,21-,33+,35-,37+,38+/m1/s1. The summed E-state index contributed by atoms with van der Waals surface area (Å²) < 4.78 is 23.8. The van der Waals surface area contributed by atoms with Gasteiger partial charge in [-0.1, -0.05) is 46.4 Å². The summed E-state index contributed by atoms with van der Waals surface area (Å²) in [6.07, 6.45) is 3.31. The van der Waals surface area contributed by atoms with Gasteiger partial charge in [-0.15, -0.1) is 0 Å². The zero-order chi connectivity index (χ0) is 32.6. The van der Waals surface area contributed by atoms with E-state index in [1.165, 1.54) is 14.2 Å². The third-order valence-corrected chi connectivity index (χ3v) is 14.5. The highest BCUT2D eigenvalue weighted by Gasteiger charge is 2.54. The highest BCUT2D eigenvalue weighted by Crippen LogP contribution is 2.63. The second-order valence-corrected chi connectivity index (χ2v) is 16.4. The van der Waals surface area contributed by atoms with Crippen molar-refractivity contribution in [3.8, 4) is 57.5 Å². The SMILES string of the molecule is COc1cc2c(c(OC)c1O)CC#C[C@]13CC[C@@H](C[C@@H]4Cc5c(c(OC)cc6c5[C@H]1[C@@H](O)[C@H]2O6)-c1ccc(O)cc14)[C@H](C)CCSS3. The number of aliphatic hydroxyl groups is 1. The van der Waals surface area contributed by atoms with Crippen LogP contribution in [0.5, 0.6) is 34.5 Å². The van der Waals surface area contributed by atoms with Crippen molar-refractivity contribution in [2.24, 2.45) is 11.8 Å². The van der Waals surface area contributed by atoms with Crippen molar-refractivity contribution in [3.63, 3.8) is 0 Å². The number of aliphatic hydroxyl groups excluding tert-OH is 1. The number of aromatic hydroxyl groups is 2. The van der Waals surface area contributed by atoms with Crippen molar-refractivity contribution in [1.82, 2.24) is 0 Å². The molecule has 0 saturated carbocycles. The molecule has 6 bridgehead atoms. The van der Waals surface area contributed by atoms with Crippen molar-refractivity contribution < 1.29 is 34.3 Å². The van der Waals surface area contributed by atoms with Gasteiger partial charge in [-0.2, -0.15) is 0 Å². The molecule has 8 rings (SSSR count). The van der Waals surface area contributed by atoms with E-state index in [1.54, 1.807) is 19.2 Å². The first-order valence-corrected chi connectivity index (χ1v) is 18.8. The maximum Gasteiger partial charge on any atom is 0.201 e. The number of hydrogen-bond acceptors (Lipinski definition) is 9. The fourth-order valence-corrected chi connectivity index (χ4v) is 12.3. The summed E-state index contributed by atoms with van der Waals surface area (Å²) in [6, 6.07) is 9.49. The Balaban J connectivity index is 1.47. The van der Waals surface area contributed by atoms with Crippen LogP contribution in [0.15, 0.2) is 30.3 Å². The van der Waals surface area contributed by atoms with E-state index in [-0.39, 0.29) is 34.8 Å². The first-order valence-electron chi connectivity index (χ1n) is 16.5. The van der Waals surface area contributed by atoms with Crippen LogP contribution in [0.3, 0.4) is 0 Å². The minimum Gasteiger partial charge on any atom is -0.508 e. The zero-order valence-corrected chi connectivity index (χ0v) is 28.7. The van der Waals surface area contributed by atoms with Gasteiger partial charge >= 0.3 is 0 Å². The molecule has 3 aromatic carbocycles. The molecular weight excluding hydrogens is 633 g/mol. The van der Waals surface area contributed by atoms with Crippen molar-refractivity contribution in [3.05, 3.63) is 58.1 Å². The van der Waals surface area contributed by atoms with Crippen molar-refractivity contribution in [2.75, 3.05) is 27.1 Å². The summed E-state index contributed by atoms with van der Waals surface area (Å²) in [5.41, 5.74) is 6.80. The van der Waals surface area contributed by atoms with Gasteiger partial charge in [0.05, 0.1) is 26.1 Å². The lowest BCUT2D eigenvalue weighted by atomic mass is 9.64. The summed E-state index contributed by atoms with van der Waals surface area (Å²) in [4.78, 5) is 0. The lowest BCUT2D eigenvalue weighted by Gasteiger charge is -2.48. The Morgan fingerprint density at radius 1 is 0.979 bits per heavy atom. The van der Waals surface area contributed by atoms with Crippen LogP contribution in [-0.2, 0) is 12.8 Å². The lowest BCUT2D eigenvalue weighted by Crippen LogP contribution is -2.46. The average Bonchev–Trinajstić information content (AvgIpc) is 3.15. The monoisotopic (exact) mass is 672 g/mol. The highest BCUT2D eigenvalue weighted by molar-refractivity contribution is 8.77. The topological polar surface area (TPSA) is 97.6 Å². The van der Waals surface area contributed by atoms with E-state index < -0.39 is 17.0 Å². The van der Waals surface area contributed by atoms with Crippen LogP contribution in [0.25, 0.3) is 11.1 Å². The molecule has 0 aromatic heterocycles. The molecule has 0 unspecified atom stereocenters. The maximum absolute atomic E-state index is 12.8. The van der Waals surface area contributed by atoms with Gasteiger partial charge in [-0.25, -0.2) is 0 Å². The van der Waals surface area contributed by atoms with Crippen LogP contribution >= 0.6 is 21.6 Å². The summed E-state index contributed by atoms with van der Waals surface area (Å²) in [6.45, 7) is 2.39. The van der Waals surface area contributed by atoms with Gasteiger partial charge in [-0.3, -0.25) is 0 Å². The summed E-state index contributed by atoms with van der Waals surface area (Å²) in [7, 11) is 8.42. The molecule has 5 aliphatic rings. The predicted octanol–water partition coefficient (Wildman–Crippen LogP) is 7.53. The molecule has 1 fully saturated rings. The van der Waals surface area contributed by atoms with E-state index >= 15 is 0 Å². The Hall–Kier alpha value is -3.32. The molecule has 7 atom stereocenters. The maximum atomic E-state index is 12.8. The van der Waals surface area contributed by atoms with Gasteiger partial charge in [0.2, 0.25) is 5.75 Å². The third kappa shape index (κ3) is 4.69. The van der Waals surface area contributed by atoms with Gasteiger partial charge in [0.1, 0.15) is 23.4 Å². The summed E-state index contributed by atoms with van der Waals surface area (Å²) >= 11 is 0. The van der Waals surface area contributed by atoms with Gasteiger partial charge in [-0.05, 0) is 84.7 Å². The second kappa shape index (κ2) is 11.7. The number of phenolic OH excluding ortho intramolecular Hbond substituents is 2. The molecule has 9 heteroatoms. The molecule has 2 aliphatic heterocycles. The quantitative estimate of drug-likeness (QED) is 0.193. The van der Waals surface area contributed by atoms with Crippen LogP contribution in [0.4, 0.5) is 0 Å². The fourth-order valence-electron chi connectivity index (χ4n) is 9.00. The second-order valence-electron chi connectivity index (χ2n) is 13.6. The minimum atomic E-state index is -0.950. The minimum absolute atomic E-state index is 0.0895. The van der Waals surface area contributed by atoms with E-state index in [1.807, 2.05) is 39.8 Å². The van der Waals surface area contributed by atoms with E-state index in [0.717, 1.165) is 65.7 Å².